The van der Waals surface area contributed by atoms with Gasteiger partial charge in [-0.25, -0.2) is 9.97 Å². The first-order chi connectivity index (χ1) is 13.3. The van der Waals surface area contributed by atoms with Crippen molar-refractivity contribution in [2.45, 2.75) is 25.0 Å². The summed E-state index contributed by atoms with van der Waals surface area (Å²) in [6.45, 7) is 4.19. The van der Waals surface area contributed by atoms with Gasteiger partial charge in [0.05, 0.1) is 24.3 Å². The van der Waals surface area contributed by atoms with Gasteiger partial charge >= 0.3 is 0 Å². The fourth-order valence-corrected chi connectivity index (χ4v) is 4.18. The molecule has 136 valence electrons. The molecule has 3 aromatic rings. The molecule has 2 aliphatic heterocycles. The van der Waals surface area contributed by atoms with Crippen molar-refractivity contribution in [3.8, 4) is 11.4 Å². The van der Waals surface area contributed by atoms with Gasteiger partial charge in [0.2, 0.25) is 0 Å². The highest BCUT2D eigenvalue weighted by Gasteiger charge is 2.44. The minimum absolute atomic E-state index is 0.0598. The van der Waals surface area contributed by atoms with Crippen LogP contribution in [0.1, 0.15) is 23.2 Å². The second-order valence-corrected chi connectivity index (χ2v) is 7.40. The van der Waals surface area contributed by atoms with Crippen LogP contribution in [0.25, 0.3) is 11.4 Å². The predicted molar refractivity (Wildman–Crippen MR) is 101 cm³/mol. The van der Waals surface area contributed by atoms with Gasteiger partial charge in [-0.2, -0.15) is 0 Å². The molecule has 0 unspecified atom stereocenters. The minimum Gasteiger partial charge on any atom is -0.376 e. The molecule has 27 heavy (non-hydrogen) atoms. The van der Waals surface area contributed by atoms with Crippen molar-refractivity contribution in [2.75, 3.05) is 19.7 Å². The molecule has 0 aliphatic carbocycles. The van der Waals surface area contributed by atoms with E-state index in [0.29, 0.717) is 13.2 Å². The zero-order chi connectivity index (χ0) is 18.1. The number of likely N-dealkylation sites (tertiary alicyclic amines) is 1. The van der Waals surface area contributed by atoms with E-state index in [1.807, 2.05) is 43.0 Å². The third-order valence-electron chi connectivity index (χ3n) is 5.48. The summed E-state index contributed by atoms with van der Waals surface area (Å²) in [5.41, 5.74) is 4.39. The van der Waals surface area contributed by atoms with Crippen molar-refractivity contribution in [2.24, 2.45) is 0 Å². The third kappa shape index (κ3) is 3.11. The zero-order valence-corrected chi connectivity index (χ0v) is 15.1. The van der Waals surface area contributed by atoms with Crippen molar-refractivity contribution in [1.82, 2.24) is 24.8 Å². The Bertz CT molecular complexity index is 934. The van der Waals surface area contributed by atoms with Gasteiger partial charge in [-0.1, -0.05) is 6.07 Å². The summed E-state index contributed by atoms with van der Waals surface area (Å²) < 4.78 is 5.95. The van der Waals surface area contributed by atoms with Gasteiger partial charge < -0.3 is 4.74 Å². The minimum atomic E-state index is -0.0598. The van der Waals surface area contributed by atoms with Gasteiger partial charge in [-0.15, -0.1) is 0 Å². The van der Waals surface area contributed by atoms with Crippen LogP contribution >= 0.6 is 0 Å². The maximum Gasteiger partial charge on any atom is 0.160 e. The van der Waals surface area contributed by atoms with E-state index in [1.54, 1.807) is 6.20 Å². The summed E-state index contributed by atoms with van der Waals surface area (Å²) in [5.74, 6) is 0.744. The van der Waals surface area contributed by atoms with Gasteiger partial charge in [0.1, 0.15) is 0 Å². The molecule has 0 bridgehead atoms. The van der Waals surface area contributed by atoms with Crippen molar-refractivity contribution in [3.63, 3.8) is 0 Å². The first kappa shape index (κ1) is 16.5. The highest BCUT2D eigenvalue weighted by atomic mass is 16.5. The predicted octanol–water partition coefficient (Wildman–Crippen LogP) is 2.61. The van der Waals surface area contributed by atoms with Gasteiger partial charge in [0.15, 0.2) is 5.82 Å². The number of ether oxygens (including phenoxy) is 1. The van der Waals surface area contributed by atoms with Gasteiger partial charge in [0, 0.05) is 55.2 Å². The molecule has 1 fully saturated rings. The summed E-state index contributed by atoms with van der Waals surface area (Å²) in [5, 5.41) is 0. The second kappa shape index (κ2) is 6.79. The number of hydrogen-bond acceptors (Lipinski definition) is 6. The Morgan fingerprint density at radius 2 is 1.96 bits per heavy atom. The molecule has 0 N–H and O–H groups in total. The Labute approximate surface area is 158 Å². The van der Waals surface area contributed by atoms with Crippen LogP contribution in [0.5, 0.6) is 0 Å². The lowest BCUT2D eigenvalue weighted by atomic mass is 9.80. The molecular weight excluding hydrogens is 338 g/mol. The van der Waals surface area contributed by atoms with E-state index in [2.05, 4.69) is 25.9 Å². The Kier molecular flexibility index (Phi) is 4.14. The largest absolute Gasteiger partial charge is 0.376 e. The summed E-state index contributed by atoms with van der Waals surface area (Å²) in [7, 11) is 0. The van der Waals surface area contributed by atoms with Crippen LogP contribution in [0.15, 0.2) is 55.2 Å². The van der Waals surface area contributed by atoms with Crippen LogP contribution in [0.3, 0.4) is 0 Å². The summed E-state index contributed by atoms with van der Waals surface area (Å²) in [6, 6.07) is 8.05. The molecule has 1 atom stereocenters. The van der Waals surface area contributed by atoms with Gasteiger partial charge in [-0.3, -0.25) is 14.9 Å². The average Bonchev–Trinajstić information content (AvgIpc) is 3.12. The first-order valence-electron chi connectivity index (χ1n) is 9.28. The van der Waals surface area contributed by atoms with E-state index in [4.69, 9.17) is 9.72 Å². The monoisotopic (exact) mass is 359 g/mol. The number of nitrogens with zero attached hydrogens (tertiary/aromatic N) is 5. The van der Waals surface area contributed by atoms with E-state index in [9.17, 15) is 0 Å². The summed E-state index contributed by atoms with van der Waals surface area (Å²) in [4.78, 5) is 20.5. The SMILES string of the molecule is c1cncc(CN2CC[C@]3(COCc4cnc(-c5cccnc5)nc43)C2)c1. The van der Waals surface area contributed by atoms with Crippen LogP contribution in [0, 0.1) is 0 Å². The van der Waals surface area contributed by atoms with Gasteiger partial charge in [0.25, 0.3) is 0 Å². The number of hydrogen-bond donors (Lipinski definition) is 0. The third-order valence-corrected chi connectivity index (χ3v) is 5.48. The Hall–Kier alpha value is -2.70. The van der Waals surface area contributed by atoms with E-state index < -0.39 is 0 Å². The summed E-state index contributed by atoms with van der Waals surface area (Å²) in [6.07, 6.45) is 10.3. The molecule has 5 rings (SSSR count). The lowest BCUT2D eigenvalue weighted by Crippen LogP contribution is -2.40. The van der Waals surface area contributed by atoms with Crippen molar-refractivity contribution >= 4 is 0 Å². The van der Waals surface area contributed by atoms with Crippen LogP contribution < -0.4 is 0 Å². The molecule has 3 aromatic heterocycles. The molecule has 1 spiro atoms. The number of rotatable bonds is 3. The molecule has 0 aromatic carbocycles. The van der Waals surface area contributed by atoms with Crippen LogP contribution in [-0.4, -0.2) is 44.5 Å². The molecule has 0 saturated carbocycles. The molecule has 0 radical (unpaired) electrons. The highest BCUT2D eigenvalue weighted by molar-refractivity contribution is 5.54. The fraction of sp³-hybridized carbons (Fsp3) is 0.333. The zero-order valence-electron chi connectivity index (χ0n) is 15.1. The van der Waals surface area contributed by atoms with E-state index in [1.165, 1.54) is 5.56 Å². The number of aromatic nitrogens is 4. The van der Waals surface area contributed by atoms with Crippen LogP contribution in [-0.2, 0) is 23.3 Å². The molecule has 5 heterocycles. The highest BCUT2D eigenvalue weighted by Crippen LogP contribution is 2.39. The van der Waals surface area contributed by atoms with E-state index in [0.717, 1.165) is 48.7 Å². The van der Waals surface area contributed by atoms with Crippen molar-refractivity contribution in [3.05, 3.63) is 72.1 Å². The molecule has 6 nitrogen and oxygen atoms in total. The lowest BCUT2D eigenvalue weighted by Gasteiger charge is -2.34. The quantitative estimate of drug-likeness (QED) is 0.716. The molecule has 0 amide bonds. The first-order valence-corrected chi connectivity index (χ1v) is 9.28. The maximum atomic E-state index is 5.95. The van der Waals surface area contributed by atoms with E-state index >= 15 is 0 Å². The standard InChI is InChI=1S/C21H21N5O/c1-3-16(9-22-6-1)12-26-8-5-21(14-26)15-27-13-18-11-24-20(25-19(18)21)17-4-2-7-23-10-17/h1-4,6-7,9-11H,5,8,12-15H2/t21-/m1/s1. The Morgan fingerprint density at radius 1 is 1.07 bits per heavy atom. The smallest absolute Gasteiger partial charge is 0.160 e. The summed E-state index contributed by atoms with van der Waals surface area (Å²) >= 11 is 0. The molecule has 6 heteroatoms. The molecule has 2 aliphatic rings. The Balaban J connectivity index is 1.45. The molecule has 1 saturated heterocycles. The fourth-order valence-electron chi connectivity index (χ4n) is 4.18. The Morgan fingerprint density at radius 3 is 2.78 bits per heavy atom. The maximum absolute atomic E-state index is 5.95. The van der Waals surface area contributed by atoms with Crippen LogP contribution in [0.2, 0.25) is 0 Å². The normalized spacial score (nSPS) is 22.1. The average molecular weight is 359 g/mol. The van der Waals surface area contributed by atoms with Crippen LogP contribution in [0.4, 0.5) is 0 Å². The second-order valence-electron chi connectivity index (χ2n) is 7.40. The van der Waals surface area contributed by atoms with Crippen molar-refractivity contribution < 1.29 is 4.74 Å². The topological polar surface area (TPSA) is 64.0 Å². The van der Waals surface area contributed by atoms with E-state index in [-0.39, 0.29) is 5.41 Å². The number of fused-ring (bicyclic) bond motifs is 2. The molecular formula is C21H21N5O. The van der Waals surface area contributed by atoms with Gasteiger partial charge in [-0.05, 0) is 36.7 Å². The number of pyridine rings is 2. The van der Waals surface area contributed by atoms with Crippen molar-refractivity contribution in [1.29, 1.82) is 0 Å². The lowest BCUT2D eigenvalue weighted by molar-refractivity contribution is 0.0503.